The van der Waals surface area contributed by atoms with Gasteiger partial charge in [-0.25, -0.2) is 4.79 Å². The molecule has 118 valence electrons. The molecule has 0 unspecified atom stereocenters. The van der Waals surface area contributed by atoms with Crippen LogP contribution >= 0.6 is 0 Å². The fourth-order valence-electron chi connectivity index (χ4n) is 1.50. The molecule has 1 rings (SSSR count). The van der Waals surface area contributed by atoms with Crippen LogP contribution in [0.3, 0.4) is 0 Å². The van der Waals surface area contributed by atoms with E-state index in [1.54, 1.807) is 7.11 Å². The average molecular weight is 311 g/mol. The summed E-state index contributed by atoms with van der Waals surface area (Å²) in [6.07, 6.45) is -0.473. The van der Waals surface area contributed by atoms with Gasteiger partial charge in [-0.2, -0.15) is 0 Å². The van der Waals surface area contributed by atoms with Crippen molar-refractivity contribution >= 4 is 14.2 Å². The van der Waals surface area contributed by atoms with Gasteiger partial charge in [0.1, 0.15) is 5.75 Å². The number of rotatable bonds is 8. The summed E-state index contributed by atoms with van der Waals surface area (Å²) in [5, 5.41) is 2.67. The molecule has 0 heterocycles. The quantitative estimate of drug-likeness (QED) is 0.455. The van der Waals surface area contributed by atoms with E-state index in [0.29, 0.717) is 13.2 Å². The molecule has 5 nitrogen and oxygen atoms in total. The molecule has 0 fully saturated rings. The summed E-state index contributed by atoms with van der Waals surface area (Å²) in [5.41, 5.74) is 0.979. The van der Waals surface area contributed by atoms with Crippen LogP contribution in [0.1, 0.15) is 5.56 Å². The van der Waals surface area contributed by atoms with Gasteiger partial charge in [-0.3, -0.25) is 0 Å². The monoisotopic (exact) mass is 311 g/mol. The molecule has 0 bridgehead atoms. The van der Waals surface area contributed by atoms with Gasteiger partial charge >= 0.3 is 6.09 Å². The van der Waals surface area contributed by atoms with E-state index in [4.69, 9.17) is 14.2 Å². The highest BCUT2D eigenvalue weighted by Gasteiger charge is 2.12. The minimum Gasteiger partial charge on any atom is -0.497 e. The Bertz CT molecular complexity index is 428. The third-order valence-corrected chi connectivity index (χ3v) is 4.57. The zero-order valence-electron chi connectivity index (χ0n) is 13.3. The number of hydrogen-bond donors (Lipinski definition) is 1. The van der Waals surface area contributed by atoms with E-state index in [9.17, 15) is 4.79 Å². The van der Waals surface area contributed by atoms with Gasteiger partial charge in [0.15, 0.2) is 6.79 Å². The van der Waals surface area contributed by atoms with Crippen LogP contribution in [-0.2, 0) is 16.0 Å². The van der Waals surface area contributed by atoms with Crippen molar-refractivity contribution in [2.45, 2.75) is 32.2 Å². The number of ether oxygens (including phenoxy) is 3. The van der Waals surface area contributed by atoms with Crippen molar-refractivity contribution in [3.8, 4) is 5.75 Å². The third-order valence-electron chi connectivity index (χ3n) is 2.87. The summed E-state index contributed by atoms with van der Waals surface area (Å²) in [6, 6.07) is 8.54. The predicted octanol–water partition coefficient (Wildman–Crippen LogP) is 3.23. The number of benzene rings is 1. The molecule has 1 N–H and O–H groups in total. The minimum atomic E-state index is -1.09. The van der Waals surface area contributed by atoms with Crippen LogP contribution < -0.4 is 10.1 Å². The standard InChI is InChI=1S/C15H25NO4Si/c1-18-14-7-5-13(6-8-14)11-16-15(17)20-12-19-9-10-21(2,3)4/h5-8H,9-12H2,1-4H3,(H,16,17). The van der Waals surface area contributed by atoms with Crippen LogP contribution in [0, 0.1) is 0 Å². The Labute approximate surface area is 127 Å². The van der Waals surface area contributed by atoms with Gasteiger partial charge in [0.2, 0.25) is 0 Å². The lowest BCUT2D eigenvalue weighted by Gasteiger charge is -2.15. The second-order valence-corrected chi connectivity index (χ2v) is 11.6. The highest BCUT2D eigenvalue weighted by Crippen LogP contribution is 2.11. The molecule has 0 aromatic heterocycles. The van der Waals surface area contributed by atoms with Crippen molar-refractivity contribution in [1.29, 1.82) is 0 Å². The van der Waals surface area contributed by atoms with Crippen LogP contribution in [0.5, 0.6) is 5.75 Å². The molecule has 0 aliphatic carbocycles. The lowest BCUT2D eigenvalue weighted by molar-refractivity contribution is -0.00999. The van der Waals surface area contributed by atoms with Crippen LogP contribution in [0.25, 0.3) is 0 Å². The summed E-state index contributed by atoms with van der Waals surface area (Å²) in [5.74, 6) is 0.789. The normalized spacial score (nSPS) is 11.0. The maximum absolute atomic E-state index is 11.5. The predicted molar refractivity (Wildman–Crippen MR) is 85.3 cm³/mol. The highest BCUT2D eigenvalue weighted by molar-refractivity contribution is 6.76. The maximum atomic E-state index is 11.5. The molecule has 1 amide bonds. The van der Waals surface area contributed by atoms with Gasteiger partial charge in [-0.05, 0) is 23.7 Å². The van der Waals surface area contributed by atoms with E-state index in [1.807, 2.05) is 24.3 Å². The maximum Gasteiger partial charge on any atom is 0.409 e. The van der Waals surface area contributed by atoms with Crippen molar-refractivity contribution in [2.75, 3.05) is 20.5 Å². The number of hydrogen-bond acceptors (Lipinski definition) is 4. The lowest BCUT2D eigenvalue weighted by atomic mass is 10.2. The van der Waals surface area contributed by atoms with Crippen molar-refractivity contribution in [2.24, 2.45) is 0 Å². The fourth-order valence-corrected chi connectivity index (χ4v) is 2.26. The Kier molecular flexibility index (Phi) is 7.25. The van der Waals surface area contributed by atoms with Crippen LogP contribution in [0.2, 0.25) is 25.7 Å². The molecule has 0 aliphatic rings. The zero-order chi connectivity index (χ0) is 15.7. The van der Waals surface area contributed by atoms with Crippen molar-refractivity contribution in [1.82, 2.24) is 5.32 Å². The van der Waals surface area contributed by atoms with Crippen molar-refractivity contribution in [3.63, 3.8) is 0 Å². The minimum absolute atomic E-state index is 0.00107. The van der Waals surface area contributed by atoms with Crippen molar-refractivity contribution < 1.29 is 19.0 Å². The molecular formula is C15H25NO4Si. The summed E-state index contributed by atoms with van der Waals surface area (Å²) in [4.78, 5) is 11.5. The van der Waals surface area contributed by atoms with E-state index >= 15 is 0 Å². The van der Waals surface area contributed by atoms with Gasteiger partial charge in [0.05, 0.1) is 7.11 Å². The number of carbonyl (C=O) groups is 1. The van der Waals surface area contributed by atoms with E-state index in [2.05, 4.69) is 25.0 Å². The first-order chi connectivity index (χ1) is 9.90. The second kappa shape index (κ2) is 8.69. The molecule has 1 aromatic carbocycles. The molecule has 0 saturated carbocycles. The summed E-state index contributed by atoms with van der Waals surface area (Å²) in [6.45, 7) is 7.88. The van der Waals surface area contributed by atoms with Gasteiger partial charge in [0, 0.05) is 21.2 Å². The van der Waals surface area contributed by atoms with Gasteiger partial charge in [-0.1, -0.05) is 31.8 Å². The number of amides is 1. The van der Waals surface area contributed by atoms with Crippen LogP contribution in [0.4, 0.5) is 4.79 Å². The average Bonchev–Trinajstić information content (AvgIpc) is 2.44. The molecule has 0 saturated heterocycles. The summed E-state index contributed by atoms with van der Waals surface area (Å²) >= 11 is 0. The molecule has 0 aliphatic heterocycles. The number of methoxy groups -OCH3 is 1. The highest BCUT2D eigenvalue weighted by atomic mass is 28.3. The summed E-state index contributed by atoms with van der Waals surface area (Å²) < 4.78 is 15.3. The van der Waals surface area contributed by atoms with E-state index < -0.39 is 14.2 Å². The topological polar surface area (TPSA) is 56.8 Å². The van der Waals surface area contributed by atoms with Gasteiger partial charge < -0.3 is 19.5 Å². The number of nitrogens with one attached hydrogen (secondary N) is 1. The van der Waals surface area contributed by atoms with Gasteiger partial charge in [0.25, 0.3) is 0 Å². The van der Waals surface area contributed by atoms with Crippen molar-refractivity contribution in [3.05, 3.63) is 29.8 Å². The van der Waals surface area contributed by atoms with Crippen LogP contribution in [-0.4, -0.2) is 34.7 Å². The Hall–Kier alpha value is -1.53. The fraction of sp³-hybridized carbons (Fsp3) is 0.533. The SMILES string of the molecule is COc1ccc(CNC(=O)OCOCC[Si](C)(C)C)cc1. The first kappa shape index (κ1) is 17.5. The Balaban J connectivity index is 2.13. The van der Waals surface area contributed by atoms with Gasteiger partial charge in [-0.15, -0.1) is 0 Å². The van der Waals surface area contributed by atoms with E-state index in [-0.39, 0.29) is 6.79 Å². The zero-order valence-corrected chi connectivity index (χ0v) is 14.3. The number of alkyl carbamates (subject to hydrolysis) is 1. The molecule has 1 aromatic rings. The van der Waals surface area contributed by atoms with E-state index in [0.717, 1.165) is 17.4 Å². The first-order valence-electron chi connectivity index (χ1n) is 7.02. The molecule has 0 radical (unpaired) electrons. The second-order valence-electron chi connectivity index (χ2n) is 5.97. The van der Waals surface area contributed by atoms with E-state index in [1.165, 1.54) is 0 Å². The smallest absolute Gasteiger partial charge is 0.409 e. The largest absolute Gasteiger partial charge is 0.497 e. The molecule has 0 atom stereocenters. The summed E-state index contributed by atoms with van der Waals surface area (Å²) in [7, 11) is 0.525. The first-order valence-corrected chi connectivity index (χ1v) is 10.7. The Morgan fingerprint density at radius 1 is 1.19 bits per heavy atom. The number of carbonyl (C=O) groups excluding carboxylic acids is 1. The Morgan fingerprint density at radius 3 is 2.43 bits per heavy atom. The van der Waals surface area contributed by atoms with Crippen LogP contribution in [0.15, 0.2) is 24.3 Å². The molecular weight excluding hydrogens is 286 g/mol. The molecule has 0 spiro atoms. The molecule has 6 heteroatoms. The molecule has 21 heavy (non-hydrogen) atoms. The Morgan fingerprint density at radius 2 is 1.86 bits per heavy atom. The lowest BCUT2D eigenvalue weighted by Crippen LogP contribution is -2.26. The third kappa shape index (κ3) is 8.36.